The molecule has 6 N–H and O–H groups in total. The van der Waals surface area contributed by atoms with E-state index < -0.39 is 0 Å². The van der Waals surface area contributed by atoms with E-state index in [1.54, 1.807) is 17.8 Å². The fraction of sp³-hybridized carbons (Fsp3) is 0.118. The number of rotatable bonds is 6. The van der Waals surface area contributed by atoms with Crippen molar-refractivity contribution in [2.24, 2.45) is 11.5 Å². The Labute approximate surface area is 169 Å². The van der Waals surface area contributed by atoms with E-state index >= 15 is 0 Å². The van der Waals surface area contributed by atoms with Gasteiger partial charge in [-0.2, -0.15) is 5.26 Å². The van der Waals surface area contributed by atoms with Crippen molar-refractivity contribution in [3.63, 3.8) is 0 Å². The summed E-state index contributed by atoms with van der Waals surface area (Å²) in [5.41, 5.74) is 13.4. The Morgan fingerprint density at radius 1 is 0.962 bits per heavy atom. The maximum absolute atomic E-state index is 9.14. The van der Waals surface area contributed by atoms with Crippen LogP contribution in [0.5, 0.6) is 0 Å². The zero-order valence-corrected chi connectivity index (χ0v) is 16.8. The summed E-state index contributed by atoms with van der Waals surface area (Å²) in [4.78, 5) is 1.98. The molecule has 0 spiro atoms. The Kier molecular flexibility index (Phi) is 7.72. The summed E-state index contributed by atoms with van der Waals surface area (Å²) in [6.07, 6.45) is 0. The molecule has 0 heterocycles. The third-order valence-corrected chi connectivity index (χ3v) is 6.20. The van der Waals surface area contributed by atoms with Gasteiger partial charge in [0.2, 0.25) is 0 Å². The summed E-state index contributed by atoms with van der Waals surface area (Å²) in [6.45, 7) is 0. The Morgan fingerprint density at radius 3 is 2.04 bits per heavy atom. The Morgan fingerprint density at radius 2 is 1.50 bits per heavy atom. The van der Waals surface area contributed by atoms with Crippen LogP contribution in [0.1, 0.15) is 16.7 Å². The number of nitriles is 1. The van der Waals surface area contributed by atoms with Gasteiger partial charge in [0.15, 0.2) is 10.3 Å². The van der Waals surface area contributed by atoms with E-state index in [0.29, 0.717) is 22.1 Å². The monoisotopic (exact) mass is 421 g/mol. The number of nitrogens with one attached hydrogen (secondary N) is 2. The van der Waals surface area contributed by atoms with Crippen LogP contribution >= 0.6 is 46.9 Å². The summed E-state index contributed by atoms with van der Waals surface area (Å²) >= 11 is 10.1. The zero-order valence-electron chi connectivity index (χ0n) is 13.6. The predicted octanol–water partition coefficient (Wildman–Crippen LogP) is 4.62. The van der Waals surface area contributed by atoms with Crippen molar-refractivity contribution in [1.82, 2.24) is 0 Å². The second-order valence-electron chi connectivity index (χ2n) is 5.09. The summed E-state index contributed by atoms with van der Waals surface area (Å²) in [5, 5.41) is 24.7. The van der Waals surface area contributed by atoms with Crippen LogP contribution in [0.15, 0.2) is 46.2 Å². The Bertz CT molecular complexity index is 879. The lowest BCUT2D eigenvalue weighted by molar-refractivity contribution is 1.23. The van der Waals surface area contributed by atoms with Gasteiger partial charge in [0.1, 0.15) is 0 Å². The van der Waals surface area contributed by atoms with Gasteiger partial charge in [-0.3, -0.25) is 10.8 Å². The van der Waals surface area contributed by atoms with Gasteiger partial charge in [0.25, 0.3) is 0 Å². The molecule has 0 aliphatic rings. The fourth-order valence-electron chi connectivity index (χ4n) is 2.05. The van der Waals surface area contributed by atoms with Gasteiger partial charge in [-0.05, 0) is 47.5 Å². The SMILES string of the molecule is N#Cc1ccc(Sc2ccc(Cl)cc2CSC(=N)N)c(CSC(=N)N)c1. The van der Waals surface area contributed by atoms with Crippen LogP contribution in [0.4, 0.5) is 0 Å². The van der Waals surface area contributed by atoms with Gasteiger partial charge in [-0.25, -0.2) is 0 Å². The smallest absolute Gasteiger partial charge is 0.151 e. The third kappa shape index (κ3) is 6.18. The molecule has 0 atom stereocenters. The zero-order chi connectivity index (χ0) is 19.1. The topological polar surface area (TPSA) is 124 Å². The number of nitrogens with two attached hydrogens (primary N) is 2. The number of nitrogens with zero attached hydrogens (tertiary/aromatic N) is 1. The second kappa shape index (κ2) is 9.78. The van der Waals surface area contributed by atoms with Gasteiger partial charge in [0, 0.05) is 26.3 Å². The first-order valence-corrected chi connectivity index (χ1v) is 10.5. The minimum atomic E-state index is 0.0355. The molecule has 2 aromatic carbocycles. The molecule has 134 valence electrons. The van der Waals surface area contributed by atoms with E-state index in [-0.39, 0.29) is 10.3 Å². The molecule has 0 saturated carbocycles. The minimum Gasteiger partial charge on any atom is -0.379 e. The number of halogens is 1. The number of thioether (sulfide) groups is 2. The third-order valence-electron chi connectivity index (χ3n) is 3.20. The first kappa shape index (κ1) is 20.5. The molecule has 9 heteroatoms. The van der Waals surface area contributed by atoms with E-state index in [2.05, 4.69) is 6.07 Å². The Hall–Kier alpha value is -1.79. The number of hydrogen-bond acceptors (Lipinski definition) is 6. The van der Waals surface area contributed by atoms with Crippen molar-refractivity contribution in [2.75, 3.05) is 0 Å². The lowest BCUT2D eigenvalue weighted by Crippen LogP contribution is -2.04. The molecule has 0 aliphatic carbocycles. The van der Waals surface area contributed by atoms with Crippen molar-refractivity contribution >= 4 is 57.2 Å². The molecule has 26 heavy (non-hydrogen) atoms. The molecule has 2 rings (SSSR count). The van der Waals surface area contributed by atoms with E-state index in [0.717, 1.165) is 20.9 Å². The molecular formula is C17H16ClN5S3. The van der Waals surface area contributed by atoms with Gasteiger partial charge in [0.05, 0.1) is 11.6 Å². The summed E-state index contributed by atoms with van der Waals surface area (Å²) in [5.74, 6) is 1.06. The highest BCUT2D eigenvalue weighted by Crippen LogP contribution is 2.37. The number of hydrogen-bond donors (Lipinski definition) is 4. The van der Waals surface area contributed by atoms with Crippen LogP contribution in [-0.2, 0) is 11.5 Å². The van der Waals surface area contributed by atoms with Crippen molar-refractivity contribution in [2.45, 2.75) is 21.3 Å². The summed E-state index contributed by atoms with van der Waals surface area (Å²) in [6, 6.07) is 13.2. The van der Waals surface area contributed by atoms with E-state index in [1.165, 1.54) is 23.5 Å². The molecule has 0 unspecified atom stereocenters. The van der Waals surface area contributed by atoms with E-state index in [1.807, 2.05) is 30.3 Å². The molecule has 0 saturated heterocycles. The van der Waals surface area contributed by atoms with Crippen LogP contribution in [0.2, 0.25) is 5.02 Å². The molecule has 0 bridgehead atoms. The molecular weight excluding hydrogens is 406 g/mol. The molecule has 0 amide bonds. The van der Waals surface area contributed by atoms with Crippen molar-refractivity contribution in [1.29, 1.82) is 16.1 Å². The molecule has 5 nitrogen and oxygen atoms in total. The highest BCUT2D eigenvalue weighted by atomic mass is 35.5. The lowest BCUT2D eigenvalue weighted by Gasteiger charge is -2.13. The minimum absolute atomic E-state index is 0.0355. The number of amidine groups is 2. The van der Waals surface area contributed by atoms with Crippen molar-refractivity contribution in [3.05, 3.63) is 58.1 Å². The van der Waals surface area contributed by atoms with Gasteiger partial charge < -0.3 is 11.5 Å². The number of benzene rings is 2. The molecule has 0 aromatic heterocycles. The average molecular weight is 422 g/mol. The largest absolute Gasteiger partial charge is 0.379 e. The van der Waals surface area contributed by atoms with Crippen molar-refractivity contribution < 1.29 is 0 Å². The van der Waals surface area contributed by atoms with Crippen LogP contribution in [-0.4, -0.2) is 10.3 Å². The van der Waals surface area contributed by atoms with Crippen LogP contribution in [0, 0.1) is 22.1 Å². The molecule has 0 fully saturated rings. The molecule has 0 aliphatic heterocycles. The Balaban J connectivity index is 2.33. The van der Waals surface area contributed by atoms with Crippen molar-refractivity contribution in [3.8, 4) is 6.07 Å². The highest BCUT2D eigenvalue weighted by molar-refractivity contribution is 8.13. The van der Waals surface area contributed by atoms with E-state index in [4.69, 9.17) is 39.1 Å². The average Bonchev–Trinajstić information content (AvgIpc) is 2.60. The molecule has 0 radical (unpaired) electrons. The normalized spacial score (nSPS) is 10.3. The summed E-state index contributed by atoms with van der Waals surface area (Å²) in [7, 11) is 0. The van der Waals surface area contributed by atoms with Crippen LogP contribution in [0.3, 0.4) is 0 Å². The maximum atomic E-state index is 9.14. The predicted molar refractivity (Wildman–Crippen MR) is 113 cm³/mol. The van der Waals surface area contributed by atoms with Gasteiger partial charge in [-0.1, -0.05) is 46.9 Å². The molecule has 2 aromatic rings. The van der Waals surface area contributed by atoms with Crippen LogP contribution in [0.25, 0.3) is 0 Å². The van der Waals surface area contributed by atoms with Crippen LogP contribution < -0.4 is 11.5 Å². The maximum Gasteiger partial charge on any atom is 0.151 e. The second-order valence-corrected chi connectivity index (χ2v) is 8.65. The van der Waals surface area contributed by atoms with Gasteiger partial charge in [-0.15, -0.1) is 0 Å². The first-order valence-electron chi connectivity index (χ1n) is 7.32. The first-order chi connectivity index (χ1) is 12.4. The highest BCUT2D eigenvalue weighted by Gasteiger charge is 2.11. The standard InChI is InChI=1S/C17H16ClN5S3/c18-13-2-4-15(12(6-13)9-25-17(22)23)26-14-3-1-10(7-19)5-11(14)8-24-16(20)21/h1-6H,8-9H2,(H3,20,21)(H3,22,23). The summed E-state index contributed by atoms with van der Waals surface area (Å²) < 4.78 is 0. The van der Waals surface area contributed by atoms with E-state index in [9.17, 15) is 0 Å². The lowest BCUT2D eigenvalue weighted by atomic mass is 10.1. The fourth-order valence-corrected chi connectivity index (χ4v) is 4.56. The van der Waals surface area contributed by atoms with Gasteiger partial charge >= 0.3 is 0 Å². The quantitative estimate of drug-likeness (QED) is 0.398.